The van der Waals surface area contributed by atoms with Gasteiger partial charge in [0.2, 0.25) is 5.16 Å². The fraction of sp³-hybridized carbons (Fsp3) is 0.750. The molecule has 16 heavy (non-hydrogen) atoms. The normalized spacial score (nSPS) is 25.5. The van der Waals surface area contributed by atoms with Crippen molar-refractivity contribution in [2.24, 2.45) is 5.92 Å². The fourth-order valence-corrected chi connectivity index (χ4v) is 2.63. The first-order valence-corrected chi connectivity index (χ1v) is 6.06. The molecule has 2 heterocycles. The predicted octanol–water partition coefficient (Wildman–Crippen LogP) is -0.255. The van der Waals surface area contributed by atoms with Crippen LogP contribution in [0.1, 0.15) is 12.8 Å². The number of aromatic amines is 1. The van der Waals surface area contributed by atoms with Crippen LogP contribution in [-0.2, 0) is 4.79 Å². The molecule has 2 atom stereocenters. The number of H-pyrrole nitrogens is 1. The molecular weight excluding hydrogens is 230 g/mol. The summed E-state index contributed by atoms with van der Waals surface area (Å²) in [6.45, 7) is 0.758. The molecule has 0 aliphatic carbocycles. The summed E-state index contributed by atoms with van der Waals surface area (Å²) in [5, 5.41) is 26.0. The highest BCUT2D eigenvalue weighted by Crippen LogP contribution is 2.23. The van der Waals surface area contributed by atoms with Gasteiger partial charge in [-0.2, -0.15) is 5.21 Å². The zero-order valence-corrected chi connectivity index (χ0v) is 9.40. The van der Waals surface area contributed by atoms with E-state index in [4.69, 9.17) is 5.11 Å². The van der Waals surface area contributed by atoms with Crippen molar-refractivity contribution in [3.05, 3.63) is 0 Å². The maximum Gasteiger partial charge on any atom is 0.320 e. The van der Waals surface area contributed by atoms with E-state index in [1.54, 1.807) is 0 Å². The molecule has 8 heteroatoms. The summed E-state index contributed by atoms with van der Waals surface area (Å²) in [5.41, 5.74) is 0. The van der Waals surface area contributed by atoms with Crippen molar-refractivity contribution in [3.63, 3.8) is 0 Å². The Balaban J connectivity index is 1.79. The van der Waals surface area contributed by atoms with Crippen LogP contribution in [0.2, 0.25) is 0 Å². The molecule has 1 aromatic heterocycles. The number of carboxylic acid groups (broad SMARTS) is 1. The van der Waals surface area contributed by atoms with Crippen molar-refractivity contribution in [3.8, 4) is 0 Å². The number of nitrogens with zero attached hydrogens (tertiary/aromatic N) is 3. The Morgan fingerprint density at radius 3 is 3.19 bits per heavy atom. The van der Waals surface area contributed by atoms with Crippen molar-refractivity contribution in [1.82, 2.24) is 25.9 Å². The van der Waals surface area contributed by atoms with E-state index in [1.165, 1.54) is 11.8 Å². The number of aromatic nitrogens is 4. The van der Waals surface area contributed by atoms with Crippen molar-refractivity contribution in [1.29, 1.82) is 0 Å². The molecule has 1 aliphatic rings. The highest BCUT2D eigenvalue weighted by molar-refractivity contribution is 7.99. The number of tetrazole rings is 1. The Kier molecular flexibility index (Phi) is 3.73. The zero-order valence-electron chi connectivity index (χ0n) is 8.59. The first-order chi connectivity index (χ1) is 7.75. The van der Waals surface area contributed by atoms with Crippen LogP contribution in [0.25, 0.3) is 0 Å². The average Bonchev–Trinajstić information content (AvgIpc) is 2.79. The molecule has 0 aromatic carbocycles. The van der Waals surface area contributed by atoms with Gasteiger partial charge in [0.1, 0.15) is 6.04 Å². The minimum Gasteiger partial charge on any atom is -0.480 e. The number of piperidine rings is 1. The third-order valence-corrected chi connectivity index (χ3v) is 3.65. The molecule has 1 aliphatic heterocycles. The maximum atomic E-state index is 10.8. The molecule has 3 N–H and O–H groups in total. The summed E-state index contributed by atoms with van der Waals surface area (Å²) in [7, 11) is 0. The molecule has 0 amide bonds. The largest absolute Gasteiger partial charge is 0.480 e. The molecule has 1 aromatic rings. The van der Waals surface area contributed by atoms with Crippen LogP contribution in [0.3, 0.4) is 0 Å². The smallest absolute Gasteiger partial charge is 0.320 e. The number of thioether (sulfide) groups is 1. The van der Waals surface area contributed by atoms with E-state index in [-0.39, 0.29) is 0 Å². The maximum absolute atomic E-state index is 10.8. The van der Waals surface area contributed by atoms with Gasteiger partial charge < -0.3 is 10.4 Å². The van der Waals surface area contributed by atoms with E-state index in [1.807, 2.05) is 0 Å². The van der Waals surface area contributed by atoms with Gasteiger partial charge in [0, 0.05) is 5.75 Å². The van der Waals surface area contributed by atoms with E-state index in [0.717, 1.165) is 18.7 Å². The second-order valence-electron chi connectivity index (χ2n) is 3.74. The van der Waals surface area contributed by atoms with E-state index in [9.17, 15) is 4.79 Å². The van der Waals surface area contributed by atoms with E-state index in [0.29, 0.717) is 17.5 Å². The standard InChI is InChI=1S/C8H13N5O2S/c14-7(15)6-3-5(1-2-9-6)4-16-8-10-12-13-11-8/h5-6,9H,1-4H2,(H,14,15)(H,10,11,12,13)/t5-,6+/m0/s1. The molecule has 1 saturated heterocycles. The minimum absolute atomic E-state index is 0.394. The summed E-state index contributed by atoms with van der Waals surface area (Å²) in [4.78, 5) is 10.8. The van der Waals surface area contributed by atoms with Gasteiger partial charge in [-0.05, 0) is 30.5 Å². The average molecular weight is 243 g/mol. The number of carbonyl (C=O) groups is 1. The molecule has 88 valence electrons. The SMILES string of the molecule is O=C(O)[C@H]1C[C@@H](CSc2nn[nH]n2)CCN1. The van der Waals surface area contributed by atoms with Gasteiger partial charge in [-0.25, -0.2) is 0 Å². The number of hydrogen-bond acceptors (Lipinski definition) is 6. The summed E-state index contributed by atoms with van der Waals surface area (Å²) < 4.78 is 0. The number of aliphatic carboxylic acids is 1. The summed E-state index contributed by atoms with van der Waals surface area (Å²) in [5.74, 6) is 0.463. The molecule has 0 saturated carbocycles. The van der Waals surface area contributed by atoms with Crippen molar-refractivity contribution >= 4 is 17.7 Å². The Labute approximate surface area is 96.4 Å². The lowest BCUT2D eigenvalue weighted by Crippen LogP contribution is -2.43. The van der Waals surface area contributed by atoms with Gasteiger partial charge in [-0.15, -0.1) is 10.2 Å². The molecule has 2 rings (SSSR count). The lowest BCUT2D eigenvalue weighted by molar-refractivity contribution is -0.140. The summed E-state index contributed by atoms with van der Waals surface area (Å²) in [6, 6.07) is -0.412. The molecule has 0 spiro atoms. The molecular formula is C8H13N5O2S. The number of carboxylic acids is 1. The van der Waals surface area contributed by atoms with Crippen molar-refractivity contribution < 1.29 is 9.90 Å². The molecule has 1 fully saturated rings. The quantitative estimate of drug-likeness (QED) is 0.626. The Morgan fingerprint density at radius 2 is 2.50 bits per heavy atom. The van der Waals surface area contributed by atoms with Crippen LogP contribution in [0.15, 0.2) is 5.16 Å². The van der Waals surface area contributed by atoms with E-state index in [2.05, 4.69) is 25.9 Å². The van der Waals surface area contributed by atoms with Crippen LogP contribution < -0.4 is 5.32 Å². The molecule has 0 bridgehead atoms. The third kappa shape index (κ3) is 2.92. The van der Waals surface area contributed by atoms with Crippen LogP contribution in [0.5, 0.6) is 0 Å². The molecule has 7 nitrogen and oxygen atoms in total. The monoisotopic (exact) mass is 243 g/mol. The first-order valence-electron chi connectivity index (χ1n) is 5.08. The van der Waals surface area contributed by atoms with Gasteiger partial charge in [0.15, 0.2) is 0 Å². The summed E-state index contributed by atoms with van der Waals surface area (Å²) >= 11 is 1.51. The fourth-order valence-electron chi connectivity index (χ4n) is 1.74. The first kappa shape index (κ1) is 11.3. The Bertz CT molecular complexity index is 344. The topological polar surface area (TPSA) is 104 Å². The minimum atomic E-state index is -0.769. The lowest BCUT2D eigenvalue weighted by atomic mass is 9.94. The number of nitrogens with one attached hydrogen (secondary N) is 2. The highest BCUT2D eigenvalue weighted by Gasteiger charge is 2.26. The van der Waals surface area contributed by atoms with Crippen molar-refractivity contribution in [2.75, 3.05) is 12.3 Å². The van der Waals surface area contributed by atoms with Crippen LogP contribution in [0, 0.1) is 5.92 Å². The van der Waals surface area contributed by atoms with Crippen LogP contribution in [0.4, 0.5) is 0 Å². The Hall–Kier alpha value is -1.15. The molecule has 0 unspecified atom stereocenters. The lowest BCUT2D eigenvalue weighted by Gasteiger charge is -2.27. The van der Waals surface area contributed by atoms with Crippen LogP contribution >= 0.6 is 11.8 Å². The van der Waals surface area contributed by atoms with Gasteiger partial charge >= 0.3 is 5.97 Å². The van der Waals surface area contributed by atoms with Gasteiger partial charge in [0.05, 0.1) is 0 Å². The zero-order chi connectivity index (χ0) is 11.4. The van der Waals surface area contributed by atoms with E-state index >= 15 is 0 Å². The summed E-state index contributed by atoms with van der Waals surface area (Å²) in [6.07, 6.45) is 1.66. The third-order valence-electron chi connectivity index (χ3n) is 2.58. The predicted molar refractivity (Wildman–Crippen MR) is 57.1 cm³/mol. The Morgan fingerprint density at radius 1 is 1.62 bits per heavy atom. The second-order valence-corrected chi connectivity index (χ2v) is 4.73. The highest BCUT2D eigenvalue weighted by atomic mass is 32.2. The second kappa shape index (κ2) is 5.26. The van der Waals surface area contributed by atoms with Gasteiger partial charge in [-0.3, -0.25) is 4.79 Å². The van der Waals surface area contributed by atoms with Crippen molar-refractivity contribution in [2.45, 2.75) is 24.0 Å². The number of hydrogen-bond donors (Lipinski definition) is 3. The number of rotatable bonds is 4. The van der Waals surface area contributed by atoms with E-state index < -0.39 is 12.0 Å². The van der Waals surface area contributed by atoms with Gasteiger partial charge in [-0.1, -0.05) is 11.8 Å². The molecule has 0 radical (unpaired) electrons. The van der Waals surface area contributed by atoms with Gasteiger partial charge in [0.25, 0.3) is 0 Å². The van der Waals surface area contributed by atoms with Crippen LogP contribution in [-0.4, -0.2) is 50.0 Å².